The normalized spacial score (nSPS) is 11.8. The second-order valence-electron chi connectivity index (χ2n) is 8.22. The summed E-state index contributed by atoms with van der Waals surface area (Å²) in [6.45, 7) is 0. The molecule has 0 unspecified atom stereocenters. The van der Waals surface area contributed by atoms with E-state index < -0.39 is 51.8 Å². The Labute approximate surface area is 279 Å². The van der Waals surface area contributed by atoms with Crippen LogP contribution in [-0.4, -0.2) is 92.4 Å². The van der Waals surface area contributed by atoms with E-state index in [-0.39, 0.29) is 68.8 Å². The van der Waals surface area contributed by atoms with E-state index in [1.54, 1.807) is 36.4 Å². The van der Waals surface area contributed by atoms with Gasteiger partial charge in [-0.1, -0.05) is 36.4 Å². The molecule has 17 heteroatoms. The van der Waals surface area contributed by atoms with Crippen molar-refractivity contribution < 1.29 is 52.3 Å². The van der Waals surface area contributed by atoms with Gasteiger partial charge in [0, 0.05) is 0 Å². The Balaban J connectivity index is 0.000000293. The molecule has 0 radical (unpaired) electrons. The monoisotopic (exact) mass is 694 g/mol. The van der Waals surface area contributed by atoms with Crippen LogP contribution in [0.1, 0.15) is 0 Å². The molecule has 0 aliphatic heterocycles. The molecule has 0 aliphatic carbocycles. The van der Waals surface area contributed by atoms with Crippen molar-refractivity contribution in [2.45, 2.75) is 19.6 Å². The first kappa shape index (κ1) is 36.7. The quantitative estimate of drug-likeness (QED) is 0.174. The fraction of sp³-hybridized carbons (Fsp3) is 0.0769. The summed E-state index contributed by atoms with van der Waals surface area (Å²) in [6, 6.07) is 26.1. The molecular formula is C26H22CaO12S4. The van der Waals surface area contributed by atoms with Gasteiger partial charge in [-0.2, -0.15) is 0 Å². The standard InChI is InChI=1S/2C13H12O6S2.Ca/c2*14-20(15,16)10-19-11-6-8-13(9-7-11)21(17,18)12-4-2-1-3-5-12;/h2*1-9H,10H2,(H,14,15,16);/q;;+2/p-2. The van der Waals surface area contributed by atoms with Gasteiger partial charge in [-0.3, -0.25) is 0 Å². The number of sulfone groups is 2. The predicted molar refractivity (Wildman–Crippen MR) is 153 cm³/mol. The van der Waals surface area contributed by atoms with Crippen LogP contribution in [0.25, 0.3) is 0 Å². The van der Waals surface area contributed by atoms with E-state index in [2.05, 4.69) is 0 Å². The van der Waals surface area contributed by atoms with Gasteiger partial charge in [-0.15, -0.1) is 0 Å². The molecule has 0 atom stereocenters. The SMILES string of the molecule is O=S(=O)([O-])COc1ccc(S(=O)(=O)c2ccccc2)cc1.O=S(=O)([O-])COc1ccc(S(=O)(=O)c2ccccc2)cc1.[Ca+2]. The fourth-order valence-electron chi connectivity index (χ4n) is 3.18. The zero-order chi connectivity index (χ0) is 31.0. The van der Waals surface area contributed by atoms with Gasteiger partial charge in [0.25, 0.3) is 0 Å². The van der Waals surface area contributed by atoms with Gasteiger partial charge in [-0.25, -0.2) is 33.7 Å². The molecule has 12 nitrogen and oxygen atoms in total. The maximum Gasteiger partial charge on any atom is 2.00 e. The van der Waals surface area contributed by atoms with E-state index in [1.165, 1.54) is 72.8 Å². The number of ether oxygens (including phenoxy) is 2. The molecule has 43 heavy (non-hydrogen) atoms. The van der Waals surface area contributed by atoms with Crippen molar-refractivity contribution in [2.24, 2.45) is 0 Å². The van der Waals surface area contributed by atoms with Crippen molar-refractivity contribution in [1.82, 2.24) is 0 Å². The van der Waals surface area contributed by atoms with Crippen molar-refractivity contribution in [2.75, 3.05) is 11.9 Å². The summed E-state index contributed by atoms with van der Waals surface area (Å²) in [6.07, 6.45) is 0. The van der Waals surface area contributed by atoms with E-state index in [1.807, 2.05) is 0 Å². The minimum absolute atomic E-state index is 0. The number of rotatable bonds is 10. The second-order valence-corrected chi connectivity index (χ2v) is 14.8. The third kappa shape index (κ3) is 11.5. The van der Waals surface area contributed by atoms with E-state index >= 15 is 0 Å². The van der Waals surface area contributed by atoms with Crippen molar-refractivity contribution in [1.29, 1.82) is 0 Å². The first-order valence-corrected chi connectivity index (χ1v) is 17.6. The Bertz CT molecular complexity index is 1770. The molecule has 4 aromatic carbocycles. The van der Waals surface area contributed by atoms with Crippen molar-refractivity contribution in [3.8, 4) is 11.5 Å². The smallest absolute Gasteiger partial charge is 0.745 e. The Hall–Kier alpha value is -2.54. The third-order valence-corrected chi connectivity index (χ3v) is 9.50. The summed E-state index contributed by atoms with van der Waals surface area (Å²) < 4.78 is 121. The maximum absolute atomic E-state index is 12.3. The minimum atomic E-state index is -4.49. The van der Waals surface area contributed by atoms with Crippen molar-refractivity contribution in [3.05, 3.63) is 109 Å². The molecular weight excluding hydrogens is 673 g/mol. The number of hydrogen-bond donors (Lipinski definition) is 0. The van der Waals surface area contributed by atoms with Crippen LogP contribution >= 0.6 is 0 Å². The average molecular weight is 695 g/mol. The molecule has 0 saturated carbocycles. The van der Waals surface area contributed by atoms with Crippen LogP contribution in [0.15, 0.2) is 129 Å². The first-order valence-electron chi connectivity index (χ1n) is 11.5. The van der Waals surface area contributed by atoms with Crippen LogP contribution in [0.4, 0.5) is 0 Å². The van der Waals surface area contributed by atoms with Gasteiger partial charge >= 0.3 is 37.7 Å². The average Bonchev–Trinajstić information content (AvgIpc) is 2.96. The largest absolute Gasteiger partial charge is 2.00 e. The summed E-state index contributed by atoms with van der Waals surface area (Å²) in [5.41, 5.74) is 0. The molecule has 0 spiro atoms. The Morgan fingerprint density at radius 1 is 0.419 bits per heavy atom. The molecule has 224 valence electrons. The van der Waals surface area contributed by atoms with Crippen LogP contribution in [0.2, 0.25) is 0 Å². The fourth-order valence-corrected chi connectivity index (χ4v) is 6.31. The Kier molecular flexibility index (Phi) is 13.2. The third-order valence-electron chi connectivity index (χ3n) is 5.11. The van der Waals surface area contributed by atoms with Crippen LogP contribution in [0, 0.1) is 0 Å². The molecule has 0 bridgehead atoms. The molecule has 0 fully saturated rings. The van der Waals surface area contributed by atoms with Crippen LogP contribution in [0.5, 0.6) is 11.5 Å². The van der Waals surface area contributed by atoms with Gasteiger partial charge in [0.15, 0.2) is 11.9 Å². The zero-order valence-electron chi connectivity index (χ0n) is 22.0. The van der Waals surface area contributed by atoms with Crippen LogP contribution < -0.4 is 9.47 Å². The van der Waals surface area contributed by atoms with Crippen LogP contribution in [0.3, 0.4) is 0 Å². The van der Waals surface area contributed by atoms with Gasteiger partial charge < -0.3 is 18.6 Å². The van der Waals surface area contributed by atoms with Gasteiger partial charge in [0.2, 0.25) is 19.7 Å². The van der Waals surface area contributed by atoms with E-state index in [0.717, 1.165) is 0 Å². The predicted octanol–water partition coefficient (Wildman–Crippen LogP) is 2.42. The summed E-state index contributed by atoms with van der Waals surface area (Å²) in [5, 5.41) is 0. The van der Waals surface area contributed by atoms with Crippen molar-refractivity contribution in [3.63, 3.8) is 0 Å². The molecule has 4 aromatic rings. The summed E-state index contributed by atoms with van der Waals surface area (Å²) in [5.74, 6) is -1.81. The molecule has 0 heterocycles. The zero-order valence-corrected chi connectivity index (χ0v) is 27.5. The molecule has 0 aliphatic rings. The van der Waals surface area contributed by atoms with Gasteiger partial charge in [0.1, 0.15) is 31.7 Å². The minimum Gasteiger partial charge on any atom is -0.745 e. The molecule has 0 aromatic heterocycles. The van der Waals surface area contributed by atoms with Crippen molar-refractivity contribution >= 4 is 77.6 Å². The summed E-state index contributed by atoms with van der Waals surface area (Å²) >= 11 is 0. The topological polar surface area (TPSA) is 201 Å². The van der Waals surface area contributed by atoms with E-state index in [9.17, 15) is 42.8 Å². The second kappa shape index (κ2) is 15.5. The van der Waals surface area contributed by atoms with E-state index in [0.29, 0.717) is 0 Å². The molecule has 4 rings (SSSR count). The van der Waals surface area contributed by atoms with Crippen LogP contribution in [-0.2, 0) is 39.9 Å². The molecule has 0 saturated heterocycles. The van der Waals surface area contributed by atoms with Gasteiger partial charge in [-0.05, 0) is 72.8 Å². The first-order chi connectivity index (χ1) is 19.6. The molecule has 0 N–H and O–H groups in total. The maximum atomic E-state index is 12.3. The Morgan fingerprint density at radius 2 is 0.674 bits per heavy atom. The van der Waals surface area contributed by atoms with E-state index in [4.69, 9.17) is 9.47 Å². The van der Waals surface area contributed by atoms with Gasteiger partial charge in [0.05, 0.1) is 19.6 Å². The summed E-state index contributed by atoms with van der Waals surface area (Å²) in [4.78, 5) is 0.402. The molecule has 0 amide bonds. The number of benzene rings is 4. The Morgan fingerprint density at radius 3 is 0.930 bits per heavy atom. The summed E-state index contributed by atoms with van der Waals surface area (Å²) in [7, 11) is -16.3. The number of hydrogen-bond acceptors (Lipinski definition) is 12.